The third kappa shape index (κ3) is 7.84. The number of aryl methyl sites for hydroxylation is 1. The summed E-state index contributed by atoms with van der Waals surface area (Å²) in [5.41, 5.74) is 0.792. The molecule has 28 heavy (non-hydrogen) atoms. The van der Waals surface area contributed by atoms with Crippen LogP contribution in [-0.2, 0) is 11.8 Å². The predicted molar refractivity (Wildman–Crippen MR) is 125 cm³/mol. The van der Waals surface area contributed by atoms with Gasteiger partial charge in [-0.3, -0.25) is 14.5 Å². The minimum absolute atomic E-state index is 0. The van der Waals surface area contributed by atoms with Gasteiger partial charge >= 0.3 is 0 Å². The van der Waals surface area contributed by atoms with Crippen molar-refractivity contribution in [2.75, 3.05) is 37.6 Å². The molecule has 160 valence electrons. The van der Waals surface area contributed by atoms with Crippen molar-refractivity contribution in [3.8, 4) is 0 Å². The fourth-order valence-corrected chi connectivity index (χ4v) is 3.02. The average Bonchev–Trinajstić information content (AvgIpc) is 3.04. The van der Waals surface area contributed by atoms with Gasteiger partial charge < -0.3 is 20.9 Å². The molecule has 0 bridgehead atoms. The predicted octanol–water partition coefficient (Wildman–Crippen LogP) is 1.72. The summed E-state index contributed by atoms with van der Waals surface area (Å²) in [6.45, 7) is 11.7. The summed E-state index contributed by atoms with van der Waals surface area (Å²) in [6, 6.07) is 0.334. The molecule has 0 spiro atoms. The molecule has 9 heteroatoms. The summed E-state index contributed by atoms with van der Waals surface area (Å²) in [5.74, 6) is 0.857. The molecule has 3 N–H and O–H groups in total. The van der Waals surface area contributed by atoms with Crippen molar-refractivity contribution in [2.24, 2.45) is 17.5 Å². The molecule has 1 fully saturated rings. The number of nitrogens with one attached hydrogen (secondary N) is 3. The van der Waals surface area contributed by atoms with Gasteiger partial charge in [0.1, 0.15) is 0 Å². The van der Waals surface area contributed by atoms with Gasteiger partial charge in [0.25, 0.3) is 0 Å². The number of amides is 1. The number of hydrogen-bond acceptors (Lipinski definition) is 4. The number of rotatable bonds is 6. The molecule has 2 heterocycles. The van der Waals surface area contributed by atoms with Crippen molar-refractivity contribution in [3.05, 3.63) is 12.4 Å². The summed E-state index contributed by atoms with van der Waals surface area (Å²) in [7, 11) is 1.94. The Hall–Kier alpha value is -1.52. The zero-order valence-corrected chi connectivity index (χ0v) is 20.1. The lowest BCUT2D eigenvalue weighted by molar-refractivity contribution is -0.128. The summed E-state index contributed by atoms with van der Waals surface area (Å²) < 4.78 is 1.84. The standard InChI is InChI=1S/C19H35N7O.HI/c1-6-20-18(22-10-9-21-17(27)19(2,3)4)24-15-8-7-11-26(13-15)16-12-23-25(5)14-16;/h12,14-15H,6-11,13H2,1-5H3,(H,21,27)(H2,20,22,24);1H. The fourth-order valence-electron chi connectivity index (χ4n) is 3.02. The molecule has 1 aromatic heterocycles. The molecule has 1 aliphatic rings. The third-order valence-electron chi connectivity index (χ3n) is 4.51. The highest BCUT2D eigenvalue weighted by molar-refractivity contribution is 14.0. The van der Waals surface area contributed by atoms with Crippen LogP contribution in [0.1, 0.15) is 40.5 Å². The van der Waals surface area contributed by atoms with Gasteiger partial charge in [0.15, 0.2) is 5.96 Å². The van der Waals surface area contributed by atoms with Gasteiger partial charge in [-0.2, -0.15) is 5.10 Å². The van der Waals surface area contributed by atoms with E-state index in [1.807, 2.05) is 38.7 Å². The van der Waals surface area contributed by atoms with Crippen molar-refractivity contribution in [3.63, 3.8) is 0 Å². The molecule has 0 aromatic carbocycles. The molecule has 0 radical (unpaired) electrons. The van der Waals surface area contributed by atoms with Crippen molar-refractivity contribution >= 4 is 41.5 Å². The van der Waals surface area contributed by atoms with Crippen molar-refractivity contribution in [2.45, 2.75) is 46.6 Å². The van der Waals surface area contributed by atoms with Gasteiger partial charge in [-0.25, -0.2) is 0 Å². The van der Waals surface area contributed by atoms with Crippen LogP contribution < -0.4 is 20.9 Å². The van der Waals surface area contributed by atoms with E-state index in [4.69, 9.17) is 0 Å². The molecule has 0 aliphatic carbocycles. The van der Waals surface area contributed by atoms with Crippen LogP contribution in [-0.4, -0.2) is 60.4 Å². The first-order chi connectivity index (χ1) is 12.8. The molecule has 8 nitrogen and oxygen atoms in total. The van der Waals surface area contributed by atoms with E-state index in [0.717, 1.165) is 44.1 Å². The van der Waals surface area contributed by atoms with Gasteiger partial charge in [0, 0.05) is 50.9 Å². The maximum absolute atomic E-state index is 11.9. The minimum atomic E-state index is -0.371. The second kappa shape index (κ2) is 11.5. The van der Waals surface area contributed by atoms with Gasteiger partial charge in [0.05, 0.1) is 18.4 Å². The molecular formula is C19H36IN7O. The second-order valence-electron chi connectivity index (χ2n) is 8.07. The van der Waals surface area contributed by atoms with E-state index in [0.29, 0.717) is 19.1 Å². The topological polar surface area (TPSA) is 86.6 Å². The fraction of sp³-hybridized carbons (Fsp3) is 0.737. The Kier molecular flexibility index (Phi) is 10.0. The number of guanidine groups is 1. The van der Waals surface area contributed by atoms with Crippen LogP contribution in [0.3, 0.4) is 0 Å². The highest BCUT2D eigenvalue weighted by Crippen LogP contribution is 2.18. The first-order valence-corrected chi connectivity index (χ1v) is 9.86. The number of carbonyl (C=O) groups excluding carboxylic acids is 1. The average molecular weight is 505 g/mol. The monoisotopic (exact) mass is 505 g/mol. The highest BCUT2D eigenvalue weighted by Gasteiger charge is 2.22. The maximum Gasteiger partial charge on any atom is 0.225 e. The molecule has 1 saturated heterocycles. The van der Waals surface area contributed by atoms with Crippen LogP contribution >= 0.6 is 24.0 Å². The van der Waals surface area contributed by atoms with Gasteiger partial charge in [0.2, 0.25) is 5.91 Å². The van der Waals surface area contributed by atoms with Gasteiger partial charge in [-0.1, -0.05) is 20.8 Å². The SMILES string of the molecule is CCNC(=NCCNC(=O)C(C)(C)C)NC1CCCN(c2cnn(C)c2)C1.I. The van der Waals surface area contributed by atoms with Gasteiger partial charge in [-0.15, -0.1) is 24.0 Å². The molecule has 1 aromatic rings. The summed E-state index contributed by atoms with van der Waals surface area (Å²) in [4.78, 5) is 18.9. The number of anilines is 1. The Morgan fingerprint density at radius 2 is 2.11 bits per heavy atom. The number of aromatic nitrogens is 2. The largest absolute Gasteiger partial charge is 0.367 e. The van der Waals surface area contributed by atoms with E-state index in [1.54, 1.807) is 0 Å². The van der Waals surface area contributed by atoms with Crippen molar-refractivity contribution < 1.29 is 4.79 Å². The molecule has 1 atom stereocenters. The van der Waals surface area contributed by atoms with E-state index >= 15 is 0 Å². The highest BCUT2D eigenvalue weighted by atomic mass is 127. The second-order valence-corrected chi connectivity index (χ2v) is 8.07. The molecule has 0 saturated carbocycles. The van der Waals surface area contributed by atoms with Crippen LogP contribution in [0.15, 0.2) is 17.4 Å². The quantitative estimate of drug-likeness (QED) is 0.237. The lowest BCUT2D eigenvalue weighted by Gasteiger charge is -2.34. The Balaban J connectivity index is 0.00000392. The molecule has 1 unspecified atom stereocenters. The zero-order valence-electron chi connectivity index (χ0n) is 17.8. The zero-order chi connectivity index (χ0) is 19.9. The Bertz CT molecular complexity index is 638. The van der Waals surface area contributed by atoms with Crippen LogP contribution in [0.5, 0.6) is 0 Å². The van der Waals surface area contributed by atoms with E-state index in [1.165, 1.54) is 0 Å². The van der Waals surface area contributed by atoms with Crippen LogP contribution in [0.2, 0.25) is 0 Å². The lowest BCUT2D eigenvalue weighted by atomic mass is 9.96. The summed E-state index contributed by atoms with van der Waals surface area (Å²) in [5, 5.41) is 14.0. The van der Waals surface area contributed by atoms with E-state index in [2.05, 4.69) is 44.1 Å². The number of halogens is 1. The number of hydrogen-bond donors (Lipinski definition) is 3. The van der Waals surface area contributed by atoms with E-state index in [9.17, 15) is 4.79 Å². The van der Waals surface area contributed by atoms with E-state index in [-0.39, 0.29) is 35.3 Å². The molecule has 1 aliphatic heterocycles. The molecule has 1 amide bonds. The van der Waals surface area contributed by atoms with E-state index < -0.39 is 0 Å². The van der Waals surface area contributed by atoms with Crippen LogP contribution in [0, 0.1) is 5.41 Å². The molecular weight excluding hydrogens is 469 g/mol. The third-order valence-corrected chi connectivity index (χ3v) is 4.51. The number of nitrogens with zero attached hydrogens (tertiary/aromatic N) is 4. The Morgan fingerprint density at radius 1 is 1.36 bits per heavy atom. The Labute approximate surface area is 185 Å². The van der Waals surface area contributed by atoms with Crippen molar-refractivity contribution in [1.82, 2.24) is 25.7 Å². The molecule has 2 rings (SSSR count). The number of carbonyl (C=O) groups is 1. The van der Waals surface area contributed by atoms with Gasteiger partial charge in [-0.05, 0) is 19.8 Å². The van der Waals surface area contributed by atoms with Crippen LogP contribution in [0.25, 0.3) is 0 Å². The summed E-state index contributed by atoms with van der Waals surface area (Å²) in [6.07, 6.45) is 6.22. The Morgan fingerprint density at radius 3 is 2.71 bits per heavy atom. The number of aliphatic imine (C=N–C) groups is 1. The lowest BCUT2D eigenvalue weighted by Crippen LogP contribution is -2.51. The van der Waals surface area contributed by atoms with Crippen LogP contribution in [0.4, 0.5) is 5.69 Å². The number of piperidine rings is 1. The summed E-state index contributed by atoms with van der Waals surface area (Å²) >= 11 is 0. The first kappa shape index (κ1) is 24.5. The first-order valence-electron chi connectivity index (χ1n) is 9.86. The normalized spacial score (nSPS) is 17.7. The van der Waals surface area contributed by atoms with Crippen molar-refractivity contribution in [1.29, 1.82) is 0 Å². The maximum atomic E-state index is 11.9. The smallest absolute Gasteiger partial charge is 0.225 e. The minimum Gasteiger partial charge on any atom is -0.367 e.